The average molecular weight is 488 g/mol. The Labute approximate surface area is 212 Å². The summed E-state index contributed by atoms with van der Waals surface area (Å²) in [5.74, 6) is 1.40. The second-order valence-electron chi connectivity index (χ2n) is 9.10. The van der Waals surface area contributed by atoms with Crippen LogP contribution in [-0.4, -0.2) is 64.4 Å². The summed E-state index contributed by atoms with van der Waals surface area (Å²) in [6.45, 7) is 4.07. The number of nitrogens with one attached hydrogen (secondary N) is 1. The fraction of sp³-hybridized carbons (Fsp3) is 0.345. The molecule has 0 saturated carbocycles. The highest BCUT2D eigenvalue weighted by Gasteiger charge is 2.31. The number of rotatable bonds is 7. The second-order valence-corrected chi connectivity index (χ2v) is 9.10. The SMILES string of the molecule is COc1cc2c(cc1OC)[C@@H](c1ccccc1)N(CC(=O)Nc1ccccc1N1CCOCC1)CC2. The summed E-state index contributed by atoms with van der Waals surface area (Å²) < 4.78 is 16.7. The molecular weight excluding hydrogens is 454 g/mol. The fourth-order valence-electron chi connectivity index (χ4n) is 5.23. The minimum Gasteiger partial charge on any atom is -0.493 e. The molecule has 3 aromatic rings. The van der Waals surface area contributed by atoms with Crippen LogP contribution in [0.2, 0.25) is 0 Å². The lowest BCUT2D eigenvalue weighted by atomic mass is 9.87. The molecule has 188 valence electrons. The van der Waals surface area contributed by atoms with Gasteiger partial charge in [-0.25, -0.2) is 0 Å². The van der Waals surface area contributed by atoms with Crippen molar-refractivity contribution in [1.82, 2.24) is 4.90 Å². The zero-order chi connectivity index (χ0) is 24.9. The number of hydrogen-bond donors (Lipinski definition) is 1. The van der Waals surface area contributed by atoms with Gasteiger partial charge in [-0.05, 0) is 47.4 Å². The van der Waals surface area contributed by atoms with E-state index in [4.69, 9.17) is 14.2 Å². The third-order valence-electron chi connectivity index (χ3n) is 6.97. The first kappa shape index (κ1) is 24.2. The molecule has 0 radical (unpaired) electrons. The molecule has 0 aliphatic carbocycles. The maximum atomic E-state index is 13.4. The van der Waals surface area contributed by atoms with E-state index in [1.165, 1.54) is 5.56 Å². The number of hydrogen-bond acceptors (Lipinski definition) is 6. The van der Waals surface area contributed by atoms with Crippen LogP contribution in [0.3, 0.4) is 0 Å². The smallest absolute Gasteiger partial charge is 0.238 e. The molecule has 7 nitrogen and oxygen atoms in total. The predicted molar refractivity (Wildman–Crippen MR) is 141 cm³/mol. The lowest BCUT2D eigenvalue weighted by Crippen LogP contribution is -2.41. The molecule has 1 saturated heterocycles. The van der Waals surface area contributed by atoms with Gasteiger partial charge in [-0.1, -0.05) is 42.5 Å². The molecule has 1 N–H and O–H groups in total. The molecule has 0 aromatic heterocycles. The molecule has 0 spiro atoms. The second kappa shape index (κ2) is 11.0. The van der Waals surface area contributed by atoms with E-state index in [9.17, 15) is 4.79 Å². The highest BCUT2D eigenvalue weighted by Crippen LogP contribution is 2.41. The molecule has 36 heavy (non-hydrogen) atoms. The predicted octanol–water partition coefficient (Wildman–Crippen LogP) is 4.13. The van der Waals surface area contributed by atoms with E-state index in [2.05, 4.69) is 45.4 Å². The van der Waals surface area contributed by atoms with Gasteiger partial charge in [0, 0.05) is 19.6 Å². The number of anilines is 2. The number of ether oxygens (including phenoxy) is 3. The molecule has 2 aliphatic rings. The first-order chi connectivity index (χ1) is 17.7. The van der Waals surface area contributed by atoms with Gasteiger partial charge in [-0.15, -0.1) is 0 Å². The summed E-state index contributed by atoms with van der Waals surface area (Å²) in [6.07, 6.45) is 0.830. The molecule has 5 rings (SSSR count). The standard InChI is InChI=1S/C29H33N3O4/c1-34-26-18-22-12-13-32(29(21-8-4-3-5-9-21)23(22)19-27(26)35-2)20-28(33)30-24-10-6-7-11-25(24)31-14-16-36-17-15-31/h3-11,18-19,29H,12-17,20H2,1-2H3,(H,30,33)/t29-/m1/s1. The molecule has 0 unspecified atom stereocenters. The van der Waals surface area contributed by atoms with E-state index >= 15 is 0 Å². The van der Waals surface area contributed by atoms with Gasteiger partial charge in [0.25, 0.3) is 0 Å². The average Bonchev–Trinajstić information content (AvgIpc) is 2.93. The summed E-state index contributed by atoms with van der Waals surface area (Å²) in [5.41, 5.74) is 5.38. The summed E-state index contributed by atoms with van der Waals surface area (Å²) in [7, 11) is 3.31. The molecule has 1 atom stereocenters. The quantitative estimate of drug-likeness (QED) is 0.541. The molecule has 3 aromatic carbocycles. The summed E-state index contributed by atoms with van der Waals surface area (Å²) in [4.78, 5) is 17.9. The number of amides is 1. The van der Waals surface area contributed by atoms with Crippen LogP contribution in [0.5, 0.6) is 11.5 Å². The number of methoxy groups -OCH3 is 2. The van der Waals surface area contributed by atoms with Gasteiger partial charge >= 0.3 is 0 Å². The third-order valence-corrected chi connectivity index (χ3v) is 6.97. The lowest BCUT2D eigenvalue weighted by molar-refractivity contribution is -0.117. The fourth-order valence-corrected chi connectivity index (χ4v) is 5.23. The van der Waals surface area contributed by atoms with E-state index in [1.807, 2.05) is 36.4 Å². The number of carbonyl (C=O) groups excluding carboxylic acids is 1. The van der Waals surface area contributed by atoms with Crippen molar-refractivity contribution in [2.75, 3.05) is 63.8 Å². The van der Waals surface area contributed by atoms with Crippen LogP contribution in [0.15, 0.2) is 66.7 Å². The Morgan fingerprint density at radius 2 is 1.64 bits per heavy atom. The molecule has 1 fully saturated rings. The minimum atomic E-state index is -0.0602. The Morgan fingerprint density at radius 1 is 0.944 bits per heavy atom. The number of morpholine rings is 1. The lowest BCUT2D eigenvalue weighted by Gasteiger charge is -2.38. The largest absolute Gasteiger partial charge is 0.493 e. The van der Waals surface area contributed by atoms with Gasteiger partial charge < -0.3 is 24.4 Å². The Kier molecular flexibility index (Phi) is 7.39. The molecule has 0 bridgehead atoms. The Hall–Kier alpha value is -3.55. The first-order valence-electron chi connectivity index (χ1n) is 12.4. The van der Waals surface area contributed by atoms with E-state index in [0.717, 1.165) is 54.3 Å². The van der Waals surface area contributed by atoms with Crippen LogP contribution in [-0.2, 0) is 16.0 Å². The van der Waals surface area contributed by atoms with Gasteiger partial charge in [0.05, 0.1) is 51.4 Å². The van der Waals surface area contributed by atoms with E-state index in [0.29, 0.717) is 19.0 Å². The number of benzene rings is 3. The normalized spacial score (nSPS) is 17.8. The summed E-state index contributed by atoms with van der Waals surface area (Å²) in [5, 5.41) is 3.18. The Morgan fingerprint density at radius 3 is 2.39 bits per heavy atom. The van der Waals surface area contributed by atoms with Crippen molar-refractivity contribution in [3.63, 3.8) is 0 Å². The monoisotopic (exact) mass is 487 g/mol. The number of fused-ring (bicyclic) bond motifs is 1. The minimum absolute atomic E-state index is 0.0273. The zero-order valence-corrected chi connectivity index (χ0v) is 20.9. The van der Waals surface area contributed by atoms with Crippen molar-refractivity contribution in [3.05, 3.63) is 83.4 Å². The van der Waals surface area contributed by atoms with Crippen LogP contribution in [0.4, 0.5) is 11.4 Å². The van der Waals surface area contributed by atoms with Gasteiger partial charge in [0.1, 0.15) is 0 Å². The Bertz CT molecular complexity index is 1190. The third kappa shape index (κ3) is 5.03. The summed E-state index contributed by atoms with van der Waals surface area (Å²) >= 11 is 0. The van der Waals surface area contributed by atoms with Crippen molar-refractivity contribution >= 4 is 17.3 Å². The first-order valence-corrected chi connectivity index (χ1v) is 12.4. The van der Waals surface area contributed by atoms with E-state index in [-0.39, 0.29) is 18.5 Å². The molecule has 2 heterocycles. The topological polar surface area (TPSA) is 63.3 Å². The van der Waals surface area contributed by atoms with Crippen LogP contribution >= 0.6 is 0 Å². The van der Waals surface area contributed by atoms with Gasteiger partial charge in [0.2, 0.25) is 5.91 Å². The van der Waals surface area contributed by atoms with Crippen molar-refractivity contribution in [2.24, 2.45) is 0 Å². The number of nitrogens with zero attached hydrogens (tertiary/aromatic N) is 2. The maximum Gasteiger partial charge on any atom is 0.238 e. The van der Waals surface area contributed by atoms with Crippen molar-refractivity contribution in [3.8, 4) is 11.5 Å². The van der Waals surface area contributed by atoms with Crippen LogP contribution < -0.4 is 19.7 Å². The van der Waals surface area contributed by atoms with E-state index < -0.39 is 0 Å². The highest BCUT2D eigenvalue weighted by atomic mass is 16.5. The Balaban J connectivity index is 1.41. The van der Waals surface area contributed by atoms with E-state index in [1.54, 1.807) is 14.2 Å². The van der Waals surface area contributed by atoms with Crippen LogP contribution in [0.1, 0.15) is 22.7 Å². The molecular formula is C29H33N3O4. The maximum absolute atomic E-state index is 13.4. The van der Waals surface area contributed by atoms with Crippen molar-refractivity contribution < 1.29 is 19.0 Å². The number of para-hydroxylation sites is 2. The van der Waals surface area contributed by atoms with Crippen molar-refractivity contribution in [1.29, 1.82) is 0 Å². The molecule has 7 heteroatoms. The molecule has 2 aliphatic heterocycles. The zero-order valence-electron chi connectivity index (χ0n) is 20.9. The summed E-state index contributed by atoms with van der Waals surface area (Å²) in [6, 6.07) is 22.4. The van der Waals surface area contributed by atoms with Crippen LogP contribution in [0, 0.1) is 0 Å². The van der Waals surface area contributed by atoms with Gasteiger partial charge in [-0.2, -0.15) is 0 Å². The molecule has 1 amide bonds. The van der Waals surface area contributed by atoms with Crippen LogP contribution in [0.25, 0.3) is 0 Å². The van der Waals surface area contributed by atoms with Gasteiger partial charge in [-0.3, -0.25) is 9.69 Å². The van der Waals surface area contributed by atoms with Crippen molar-refractivity contribution in [2.45, 2.75) is 12.5 Å². The van der Waals surface area contributed by atoms with Gasteiger partial charge in [0.15, 0.2) is 11.5 Å². The highest BCUT2D eigenvalue weighted by molar-refractivity contribution is 5.95. The number of carbonyl (C=O) groups is 1.